The molecule has 6 aliphatic carbocycles. The van der Waals surface area contributed by atoms with E-state index in [-0.39, 0.29) is 21.6 Å². The van der Waals surface area contributed by atoms with Crippen LogP contribution in [0.25, 0.3) is 0 Å². The second-order valence-electron chi connectivity index (χ2n) is 10.7. The number of hydrogen-bond donors (Lipinski definition) is 0. The highest BCUT2D eigenvalue weighted by Crippen LogP contribution is 2.71. The van der Waals surface area contributed by atoms with E-state index in [1.54, 1.807) is 28.7 Å². The van der Waals surface area contributed by atoms with Crippen molar-refractivity contribution in [3.8, 4) is 0 Å². The van der Waals surface area contributed by atoms with E-state index in [2.05, 4.69) is 37.8 Å². The molecule has 140 valence electrons. The maximum atomic E-state index is 4.09. The molecule has 0 aromatic carbocycles. The van der Waals surface area contributed by atoms with Crippen molar-refractivity contribution >= 4 is 14.1 Å². The average Bonchev–Trinajstić information content (AvgIpc) is 3.36. The Hall–Kier alpha value is -0.248. The van der Waals surface area contributed by atoms with Gasteiger partial charge in [-0.15, -0.1) is 0 Å². The van der Waals surface area contributed by atoms with Crippen LogP contribution < -0.4 is 0 Å². The van der Waals surface area contributed by atoms with Gasteiger partial charge in [-0.3, -0.25) is 0 Å². The summed E-state index contributed by atoms with van der Waals surface area (Å²) < 4.78 is 0. The lowest BCUT2D eigenvalue weighted by atomic mass is 9.50. The van der Waals surface area contributed by atoms with E-state index >= 15 is 0 Å². The third kappa shape index (κ3) is 2.26. The molecule has 5 fully saturated rings. The molecule has 7 rings (SSSR count). The third-order valence-electron chi connectivity index (χ3n) is 9.89. The second-order valence-corrected chi connectivity index (χ2v) is 14.3. The summed E-state index contributed by atoms with van der Waals surface area (Å²) in [5.41, 5.74) is 2.43. The minimum absolute atomic E-state index is 0. The molecule has 7 aliphatic rings. The number of hydrogen-bond acceptors (Lipinski definition) is 0. The largest absolute Gasteiger partial charge is 0.262 e. The molecule has 0 nitrogen and oxygen atoms in total. The van der Waals surface area contributed by atoms with Crippen molar-refractivity contribution in [3.05, 3.63) is 36.5 Å². The maximum Gasteiger partial charge on any atom is 0.262 e. The monoisotopic (exact) mass is 364 g/mol. The normalized spacial score (nSPS) is 53.0. The van der Waals surface area contributed by atoms with Crippen molar-refractivity contribution in [1.29, 1.82) is 0 Å². The molecule has 1 heteroatoms. The van der Waals surface area contributed by atoms with Crippen molar-refractivity contribution in [2.24, 2.45) is 52.8 Å². The van der Waals surface area contributed by atoms with Gasteiger partial charge in [0, 0.05) is 0 Å². The lowest BCUT2D eigenvalue weighted by molar-refractivity contribution is -0.0314. The fourth-order valence-electron chi connectivity index (χ4n) is 8.75. The van der Waals surface area contributed by atoms with Crippen molar-refractivity contribution in [1.82, 2.24) is 0 Å². The predicted octanol–water partition coefficient (Wildman–Crippen LogP) is 6.75. The van der Waals surface area contributed by atoms with Gasteiger partial charge >= 0.3 is 0 Å². The van der Waals surface area contributed by atoms with Crippen LogP contribution in [-0.2, 0) is 0 Å². The van der Waals surface area contributed by atoms with Gasteiger partial charge in [-0.25, -0.2) is 0 Å². The van der Waals surface area contributed by atoms with Crippen LogP contribution in [0, 0.1) is 52.8 Å². The molecule has 4 bridgehead atoms. The minimum Gasteiger partial charge on any atom is -0.0995 e. The molecule has 9 atom stereocenters. The average molecular weight is 365 g/mol. The quantitative estimate of drug-likeness (QED) is 0.356. The standard InChI is InChI=1S/C12H16.C10H12.C2H5.CH4.Al/c1-3-12(2)7-10-8-4-5-9(6-8)11(10)12;1-6-4-9-7-2-3-8(5-7)10(6)9;1-2;;/h4-5,8-11H,1-3,6-7H2;2-3,7-10H,1,4-5H2;1H2,2H3;1H4;. The molecule has 1 aliphatic heterocycles. The van der Waals surface area contributed by atoms with E-state index in [1.165, 1.54) is 24.8 Å². The smallest absolute Gasteiger partial charge is 0.0995 e. The number of allylic oxidation sites excluding steroid dienone is 5. The van der Waals surface area contributed by atoms with Gasteiger partial charge in [0.15, 0.2) is 0 Å². The Bertz CT molecular complexity index is 659. The van der Waals surface area contributed by atoms with Gasteiger partial charge in [0.2, 0.25) is 0 Å². The summed E-state index contributed by atoms with van der Waals surface area (Å²) >= 11 is -0.251. The Kier molecular flexibility index (Phi) is 4.20. The van der Waals surface area contributed by atoms with E-state index in [0.717, 1.165) is 52.8 Å². The lowest BCUT2D eigenvalue weighted by Crippen LogP contribution is -2.48. The van der Waals surface area contributed by atoms with Crippen LogP contribution in [0.3, 0.4) is 0 Å². The van der Waals surface area contributed by atoms with Gasteiger partial charge in [0.05, 0.1) is 0 Å². The third-order valence-corrected chi connectivity index (χ3v) is 13.5. The van der Waals surface area contributed by atoms with Crippen LogP contribution in [0.4, 0.5) is 0 Å². The first kappa shape index (κ1) is 17.8. The zero-order chi connectivity index (χ0) is 16.8. The van der Waals surface area contributed by atoms with Crippen LogP contribution >= 0.6 is 0 Å². The molecule has 1 saturated heterocycles. The lowest BCUT2D eigenvalue weighted by Gasteiger charge is -2.55. The van der Waals surface area contributed by atoms with Gasteiger partial charge in [-0.2, -0.15) is 0 Å². The van der Waals surface area contributed by atoms with E-state index in [4.69, 9.17) is 0 Å². The summed E-state index contributed by atoms with van der Waals surface area (Å²) in [5.74, 6) is 8.13. The van der Waals surface area contributed by atoms with Crippen molar-refractivity contribution in [2.75, 3.05) is 0 Å². The van der Waals surface area contributed by atoms with Crippen LogP contribution in [0.2, 0.25) is 15.8 Å². The van der Waals surface area contributed by atoms with Gasteiger partial charge in [0.25, 0.3) is 14.1 Å². The van der Waals surface area contributed by atoms with Crippen molar-refractivity contribution < 1.29 is 0 Å². The van der Waals surface area contributed by atoms with Crippen molar-refractivity contribution in [2.45, 2.75) is 62.3 Å². The zero-order valence-electron chi connectivity index (χ0n) is 15.9. The topological polar surface area (TPSA) is 0 Å². The highest BCUT2D eigenvalue weighted by Gasteiger charge is 2.64. The van der Waals surface area contributed by atoms with Crippen molar-refractivity contribution in [3.63, 3.8) is 0 Å². The molecule has 1 heterocycles. The van der Waals surface area contributed by atoms with Gasteiger partial charge in [0.1, 0.15) is 0 Å². The summed E-state index contributed by atoms with van der Waals surface area (Å²) in [6.45, 7) is 6.54. The van der Waals surface area contributed by atoms with Crippen LogP contribution in [0.15, 0.2) is 36.5 Å². The minimum atomic E-state index is -0.251. The Morgan fingerprint density at radius 2 is 1.73 bits per heavy atom. The zero-order valence-corrected chi connectivity index (χ0v) is 17.0. The fourth-order valence-corrected chi connectivity index (χ4v) is 12.4. The summed E-state index contributed by atoms with van der Waals surface area (Å²) in [6, 6.07) is 0. The van der Waals surface area contributed by atoms with E-state index in [1.807, 2.05) is 0 Å². The molecule has 26 heavy (non-hydrogen) atoms. The summed E-state index contributed by atoms with van der Waals surface area (Å²) in [6.07, 6.45) is 17.5. The predicted molar refractivity (Wildman–Crippen MR) is 113 cm³/mol. The molecule has 9 unspecified atom stereocenters. The summed E-state index contributed by atoms with van der Waals surface area (Å²) in [5, 5.41) is 4.98. The second kappa shape index (κ2) is 6.12. The van der Waals surface area contributed by atoms with Crippen LogP contribution in [0.1, 0.15) is 46.5 Å². The van der Waals surface area contributed by atoms with Crippen LogP contribution in [0.5, 0.6) is 0 Å². The number of rotatable bonds is 1. The molecule has 1 spiro atoms. The molecule has 0 radical (unpaired) electrons. The molecule has 0 amide bonds. The Balaban J connectivity index is 0.000000119. The van der Waals surface area contributed by atoms with Gasteiger partial charge in [-0.05, 0) is 78.4 Å². The molecular formula is C25H37Al. The first-order valence-corrected chi connectivity index (χ1v) is 13.7. The van der Waals surface area contributed by atoms with Gasteiger partial charge in [-0.1, -0.05) is 73.1 Å². The summed E-state index contributed by atoms with van der Waals surface area (Å²) in [4.78, 5) is 0. The molecule has 0 N–H and O–H groups in total. The van der Waals surface area contributed by atoms with Gasteiger partial charge < -0.3 is 0 Å². The Morgan fingerprint density at radius 3 is 2.35 bits per heavy atom. The van der Waals surface area contributed by atoms with E-state index < -0.39 is 0 Å². The van der Waals surface area contributed by atoms with Crippen LogP contribution in [-0.4, -0.2) is 14.1 Å². The SMILES string of the molecule is C.C=C1CC2C3C=CC(C3)C12.C[CH2][Al]1[CH2]CC2(CC3C4C=CC(C4)C32)[CH2]1. The molecule has 0 aromatic rings. The maximum absolute atomic E-state index is 4.09. The fraction of sp³-hybridized carbons (Fsp3) is 0.760. The molecule has 0 aromatic heterocycles. The van der Waals surface area contributed by atoms with E-state index in [9.17, 15) is 0 Å². The first-order chi connectivity index (χ1) is 12.2. The first-order valence-electron chi connectivity index (χ1n) is 11.2. The highest BCUT2D eigenvalue weighted by molar-refractivity contribution is 6.59. The number of fused-ring (bicyclic) bond motifs is 11. The highest BCUT2D eigenvalue weighted by atomic mass is 27.2. The molecule has 4 saturated carbocycles. The van der Waals surface area contributed by atoms with E-state index in [0.29, 0.717) is 0 Å². The Morgan fingerprint density at radius 1 is 1.04 bits per heavy atom. The molecular weight excluding hydrogens is 327 g/mol. The summed E-state index contributed by atoms with van der Waals surface area (Å²) in [7, 11) is 0. The Labute approximate surface area is 165 Å².